The van der Waals surface area contributed by atoms with Gasteiger partial charge in [-0.2, -0.15) is 0 Å². The highest BCUT2D eigenvalue weighted by atomic mass is 16.4. The van der Waals surface area contributed by atoms with Crippen molar-refractivity contribution < 1.29 is 19.5 Å². The van der Waals surface area contributed by atoms with Gasteiger partial charge in [0, 0.05) is 23.7 Å². The summed E-state index contributed by atoms with van der Waals surface area (Å²) in [5.41, 5.74) is 2.48. The molecule has 2 N–H and O–H groups in total. The molecule has 6 heteroatoms. The molecule has 0 saturated heterocycles. The summed E-state index contributed by atoms with van der Waals surface area (Å²) in [6.45, 7) is 3.30. The second-order valence-electron chi connectivity index (χ2n) is 6.21. The number of H-pyrrole nitrogens is 1. The number of ketones is 1. The van der Waals surface area contributed by atoms with E-state index in [1.807, 2.05) is 0 Å². The number of hydrogen-bond donors (Lipinski definition) is 2. The predicted molar refractivity (Wildman–Crippen MR) is 79.1 cm³/mol. The fraction of sp³-hybridized carbons (Fsp3) is 0.562. The average molecular weight is 304 g/mol. The number of carboxylic acids is 1. The number of nitrogens with zero attached hydrogens (tertiary/aromatic N) is 1. The van der Waals surface area contributed by atoms with Gasteiger partial charge in [0.1, 0.15) is 11.7 Å². The Morgan fingerprint density at radius 3 is 2.55 bits per heavy atom. The van der Waals surface area contributed by atoms with Crippen molar-refractivity contribution in [1.29, 1.82) is 0 Å². The standard InChI is InChI=1S/C16H20N2O4/c1-8-13-11(4-3-5-12(13)19)17-14(8)15(20)18(10-6-7-10)9(2)16(21)22/h9-10,17H,3-7H2,1-2H3,(H,21,22). The van der Waals surface area contributed by atoms with Crippen LogP contribution >= 0.6 is 0 Å². The van der Waals surface area contributed by atoms with Crippen LogP contribution in [-0.2, 0) is 11.2 Å². The van der Waals surface area contributed by atoms with Crippen molar-refractivity contribution in [3.8, 4) is 0 Å². The minimum absolute atomic E-state index is 0.00553. The van der Waals surface area contributed by atoms with Crippen LogP contribution in [0.4, 0.5) is 0 Å². The van der Waals surface area contributed by atoms with Crippen molar-refractivity contribution in [3.05, 3.63) is 22.5 Å². The van der Waals surface area contributed by atoms with Crippen LogP contribution in [0.25, 0.3) is 0 Å². The summed E-state index contributed by atoms with van der Waals surface area (Å²) < 4.78 is 0. The van der Waals surface area contributed by atoms with Crippen molar-refractivity contribution in [3.63, 3.8) is 0 Å². The fourth-order valence-corrected chi connectivity index (χ4v) is 3.25. The van der Waals surface area contributed by atoms with Crippen molar-refractivity contribution >= 4 is 17.7 Å². The van der Waals surface area contributed by atoms with Crippen LogP contribution in [-0.4, -0.2) is 44.7 Å². The Hall–Kier alpha value is -2.11. The summed E-state index contributed by atoms with van der Waals surface area (Å²) in [5, 5.41) is 9.24. The molecular weight excluding hydrogens is 284 g/mol. The zero-order chi connectivity index (χ0) is 16.0. The molecule has 1 unspecified atom stereocenters. The highest BCUT2D eigenvalue weighted by molar-refractivity contribution is 6.05. The monoisotopic (exact) mass is 304 g/mol. The van der Waals surface area contributed by atoms with Crippen LogP contribution < -0.4 is 0 Å². The lowest BCUT2D eigenvalue weighted by Crippen LogP contribution is -2.45. The van der Waals surface area contributed by atoms with Crippen LogP contribution in [0, 0.1) is 6.92 Å². The summed E-state index contributed by atoms with van der Waals surface area (Å²) in [6, 6.07) is -0.871. The Bertz CT molecular complexity index is 657. The fourth-order valence-electron chi connectivity index (χ4n) is 3.25. The Morgan fingerprint density at radius 2 is 2.00 bits per heavy atom. The number of carbonyl (C=O) groups excluding carboxylic acids is 2. The number of aromatic nitrogens is 1. The largest absolute Gasteiger partial charge is 0.480 e. The molecule has 0 spiro atoms. The number of carboxylic acid groups (broad SMARTS) is 1. The lowest BCUT2D eigenvalue weighted by Gasteiger charge is -2.26. The van der Waals surface area contributed by atoms with Gasteiger partial charge in [0.05, 0.1) is 0 Å². The number of fused-ring (bicyclic) bond motifs is 1. The summed E-state index contributed by atoms with van der Waals surface area (Å²) in [4.78, 5) is 40.7. The van der Waals surface area contributed by atoms with E-state index in [0.29, 0.717) is 23.2 Å². The van der Waals surface area contributed by atoms with E-state index in [2.05, 4.69) is 4.98 Å². The van der Waals surface area contributed by atoms with E-state index in [-0.39, 0.29) is 17.7 Å². The second kappa shape index (κ2) is 5.26. The number of rotatable bonds is 4. The SMILES string of the molecule is Cc1c(C(=O)N(C2CC2)C(C)C(=O)O)[nH]c2c1C(=O)CCC2. The molecule has 1 aromatic rings. The molecule has 2 aliphatic carbocycles. The Labute approximate surface area is 128 Å². The molecule has 0 aliphatic heterocycles. The van der Waals surface area contributed by atoms with Gasteiger partial charge in [-0.15, -0.1) is 0 Å². The van der Waals surface area contributed by atoms with Gasteiger partial charge in [-0.05, 0) is 45.1 Å². The van der Waals surface area contributed by atoms with E-state index in [1.54, 1.807) is 6.92 Å². The summed E-state index contributed by atoms with van der Waals surface area (Å²) in [5.74, 6) is -1.25. The molecular formula is C16H20N2O4. The lowest BCUT2D eigenvalue weighted by atomic mass is 9.93. The molecule has 0 bridgehead atoms. The molecule has 6 nitrogen and oxygen atoms in total. The highest BCUT2D eigenvalue weighted by Gasteiger charge is 2.40. The molecule has 1 saturated carbocycles. The number of Topliss-reactive ketones (excluding diaryl/α,β-unsaturated/α-hetero) is 1. The third-order valence-corrected chi connectivity index (χ3v) is 4.60. The van der Waals surface area contributed by atoms with Crippen molar-refractivity contribution in [2.24, 2.45) is 0 Å². The van der Waals surface area contributed by atoms with Crippen LogP contribution in [0.5, 0.6) is 0 Å². The third-order valence-electron chi connectivity index (χ3n) is 4.60. The number of carbonyl (C=O) groups is 3. The van der Waals surface area contributed by atoms with E-state index < -0.39 is 12.0 Å². The van der Waals surface area contributed by atoms with Crippen LogP contribution in [0.3, 0.4) is 0 Å². The summed E-state index contributed by atoms with van der Waals surface area (Å²) in [7, 11) is 0. The quantitative estimate of drug-likeness (QED) is 0.889. The highest BCUT2D eigenvalue weighted by Crippen LogP contribution is 2.33. The van der Waals surface area contributed by atoms with Crippen molar-refractivity contribution in [1.82, 2.24) is 9.88 Å². The Kier molecular flexibility index (Phi) is 3.54. The first-order valence-electron chi connectivity index (χ1n) is 7.72. The summed E-state index contributed by atoms with van der Waals surface area (Å²) in [6.07, 6.45) is 3.73. The Morgan fingerprint density at radius 1 is 1.32 bits per heavy atom. The normalized spacial score (nSPS) is 18.7. The Balaban J connectivity index is 1.97. The first-order valence-corrected chi connectivity index (χ1v) is 7.72. The maximum atomic E-state index is 12.8. The molecule has 1 amide bonds. The van der Waals surface area contributed by atoms with Crippen LogP contribution in [0.15, 0.2) is 0 Å². The molecule has 118 valence electrons. The van der Waals surface area contributed by atoms with Crippen molar-refractivity contribution in [2.75, 3.05) is 0 Å². The van der Waals surface area contributed by atoms with Crippen LogP contribution in [0.1, 0.15) is 64.7 Å². The van der Waals surface area contributed by atoms with Gasteiger partial charge in [-0.1, -0.05) is 0 Å². The van der Waals surface area contributed by atoms with Crippen LogP contribution in [0.2, 0.25) is 0 Å². The molecule has 0 aromatic carbocycles. The molecule has 0 radical (unpaired) electrons. The molecule has 2 aliphatic rings. The van der Waals surface area contributed by atoms with Gasteiger partial charge >= 0.3 is 5.97 Å². The van der Waals surface area contributed by atoms with Crippen molar-refractivity contribution in [2.45, 2.75) is 58.0 Å². The smallest absolute Gasteiger partial charge is 0.326 e. The first-order chi connectivity index (χ1) is 10.4. The van der Waals surface area contributed by atoms with Gasteiger partial charge in [0.15, 0.2) is 5.78 Å². The van der Waals surface area contributed by atoms with E-state index in [4.69, 9.17) is 0 Å². The minimum atomic E-state index is -1.01. The number of hydrogen-bond acceptors (Lipinski definition) is 3. The van der Waals surface area contributed by atoms with E-state index >= 15 is 0 Å². The average Bonchev–Trinajstić information content (AvgIpc) is 3.23. The van der Waals surface area contributed by atoms with E-state index in [0.717, 1.165) is 31.4 Å². The molecule has 22 heavy (non-hydrogen) atoms. The molecule has 1 atom stereocenters. The zero-order valence-corrected chi connectivity index (χ0v) is 12.8. The molecule has 1 aromatic heterocycles. The number of amides is 1. The maximum Gasteiger partial charge on any atom is 0.326 e. The second-order valence-corrected chi connectivity index (χ2v) is 6.21. The lowest BCUT2D eigenvalue weighted by molar-refractivity contribution is -0.141. The van der Waals surface area contributed by atoms with Gasteiger partial charge in [-0.25, -0.2) is 4.79 Å². The number of nitrogens with one attached hydrogen (secondary N) is 1. The number of aryl methyl sites for hydroxylation is 1. The zero-order valence-electron chi connectivity index (χ0n) is 12.8. The van der Waals surface area contributed by atoms with Gasteiger partial charge < -0.3 is 15.0 Å². The molecule has 1 heterocycles. The van der Waals surface area contributed by atoms with E-state index in [1.165, 1.54) is 11.8 Å². The van der Waals surface area contributed by atoms with E-state index in [9.17, 15) is 19.5 Å². The number of aliphatic carboxylic acids is 1. The minimum Gasteiger partial charge on any atom is -0.480 e. The van der Waals surface area contributed by atoms with Gasteiger partial charge in [0.2, 0.25) is 0 Å². The maximum absolute atomic E-state index is 12.8. The predicted octanol–water partition coefficient (Wildman–Crippen LogP) is 1.92. The van der Waals surface area contributed by atoms with Gasteiger partial charge in [-0.3, -0.25) is 9.59 Å². The molecule has 3 rings (SSSR count). The number of aromatic amines is 1. The molecule has 1 fully saturated rings. The summed E-state index contributed by atoms with van der Waals surface area (Å²) >= 11 is 0. The first kappa shape index (κ1) is 14.8. The van der Waals surface area contributed by atoms with Gasteiger partial charge in [0.25, 0.3) is 5.91 Å². The third kappa shape index (κ3) is 2.32. The topological polar surface area (TPSA) is 90.5 Å².